The quantitative estimate of drug-likeness (QED) is 0.477. The molecule has 0 radical (unpaired) electrons. The Morgan fingerprint density at radius 1 is 1.35 bits per heavy atom. The summed E-state index contributed by atoms with van der Waals surface area (Å²) in [4.78, 5) is 3.90. The van der Waals surface area contributed by atoms with Gasteiger partial charge in [0.05, 0.1) is 18.7 Å². The predicted molar refractivity (Wildman–Crippen MR) is 62.6 cm³/mol. The van der Waals surface area contributed by atoms with Gasteiger partial charge in [-0.2, -0.15) is 10.5 Å². The fourth-order valence-electron chi connectivity index (χ4n) is 1.03. The molecule has 0 aliphatic heterocycles. The monoisotopic (exact) mass is 226 g/mol. The van der Waals surface area contributed by atoms with E-state index < -0.39 is 0 Å². The van der Waals surface area contributed by atoms with Gasteiger partial charge in [0.25, 0.3) is 0 Å². The first-order valence-corrected chi connectivity index (χ1v) is 4.69. The smallest absolute Gasteiger partial charge is 0.221 e. The van der Waals surface area contributed by atoms with Crippen LogP contribution in [0.25, 0.3) is 0 Å². The van der Waals surface area contributed by atoms with Crippen molar-refractivity contribution in [2.24, 2.45) is 10.7 Å². The molecule has 84 valence electrons. The van der Waals surface area contributed by atoms with E-state index in [0.29, 0.717) is 5.56 Å². The van der Waals surface area contributed by atoms with Crippen LogP contribution in [0.2, 0.25) is 0 Å². The molecule has 0 atom stereocenters. The molecule has 0 spiro atoms. The molecule has 0 saturated carbocycles. The van der Waals surface area contributed by atoms with Crippen LogP contribution in [0, 0.1) is 22.7 Å². The maximum Gasteiger partial charge on any atom is 0.221 e. The Hall–Kier alpha value is -2.79. The standard InChI is InChI=1S/C12H10N4O/c1-17-12(15)11(7-14)16-8-10-4-2-9(6-13)3-5-10/h2-5,8H,15H2,1H3. The first-order valence-electron chi connectivity index (χ1n) is 4.69. The Balaban J connectivity index is 2.91. The van der Waals surface area contributed by atoms with Gasteiger partial charge in [0.2, 0.25) is 5.88 Å². The predicted octanol–water partition coefficient (Wildman–Crippen LogP) is 1.27. The van der Waals surface area contributed by atoms with Crippen molar-refractivity contribution in [1.29, 1.82) is 10.5 Å². The van der Waals surface area contributed by atoms with Crippen molar-refractivity contribution in [2.75, 3.05) is 7.11 Å². The minimum Gasteiger partial charge on any atom is -0.481 e. The summed E-state index contributed by atoms with van der Waals surface area (Å²) in [6.45, 7) is 0. The Kier molecular flexibility index (Phi) is 4.29. The van der Waals surface area contributed by atoms with Crippen molar-refractivity contribution < 1.29 is 4.74 Å². The molecule has 1 rings (SSSR count). The second-order valence-corrected chi connectivity index (χ2v) is 3.02. The molecule has 0 aliphatic carbocycles. The molecule has 5 nitrogen and oxygen atoms in total. The molecule has 0 bridgehead atoms. The Morgan fingerprint density at radius 3 is 2.47 bits per heavy atom. The largest absolute Gasteiger partial charge is 0.481 e. The second kappa shape index (κ2) is 5.94. The van der Waals surface area contributed by atoms with Gasteiger partial charge in [-0.05, 0) is 17.7 Å². The molecule has 2 N–H and O–H groups in total. The molecule has 0 heterocycles. The van der Waals surface area contributed by atoms with Gasteiger partial charge in [0.15, 0.2) is 5.70 Å². The normalized spacial score (nSPS) is 11.5. The van der Waals surface area contributed by atoms with E-state index in [1.54, 1.807) is 24.3 Å². The van der Waals surface area contributed by atoms with Crippen LogP contribution in [0.15, 0.2) is 40.8 Å². The Bertz CT molecular complexity index is 529. The van der Waals surface area contributed by atoms with E-state index in [2.05, 4.69) is 4.99 Å². The van der Waals surface area contributed by atoms with E-state index in [4.69, 9.17) is 21.0 Å². The highest BCUT2D eigenvalue weighted by Crippen LogP contribution is 2.04. The molecule has 17 heavy (non-hydrogen) atoms. The number of aliphatic imine (C=N–C) groups is 1. The lowest BCUT2D eigenvalue weighted by molar-refractivity contribution is 0.284. The number of benzene rings is 1. The number of ether oxygens (including phenoxy) is 1. The number of methoxy groups -OCH3 is 1. The van der Waals surface area contributed by atoms with Gasteiger partial charge in [-0.1, -0.05) is 12.1 Å². The van der Waals surface area contributed by atoms with E-state index in [1.807, 2.05) is 12.1 Å². The zero-order chi connectivity index (χ0) is 12.7. The zero-order valence-electron chi connectivity index (χ0n) is 9.21. The van der Waals surface area contributed by atoms with Crippen molar-refractivity contribution in [3.05, 3.63) is 47.0 Å². The van der Waals surface area contributed by atoms with E-state index in [0.717, 1.165) is 5.56 Å². The summed E-state index contributed by atoms with van der Waals surface area (Å²) < 4.78 is 4.71. The number of nitriles is 2. The van der Waals surface area contributed by atoms with E-state index in [9.17, 15) is 0 Å². The van der Waals surface area contributed by atoms with Crippen LogP contribution >= 0.6 is 0 Å². The van der Waals surface area contributed by atoms with Crippen LogP contribution in [-0.2, 0) is 4.74 Å². The fourth-order valence-corrected chi connectivity index (χ4v) is 1.03. The molecule has 1 aromatic carbocycles. The maximum absolute atomic E-state index is 8.76. The molecule has 0 amide bonds. The van der Waals surface area contributed by atoms with Gasteiger partial charge in [-0.15, -0.1) is 0 Å². The fraction of sp³-hybridized carbons (Fsp3) is 0.0833. The summed E-state index contributed by atoms with van der Waals surface area (Å²) in [6.07, 6.45) is 1.48. The van der Waals surface area contributed by atoms with Gasteiger partial charge in [0, 0.05) is 6.21 Å². The Morgan fingerprint density at radius 2 is 2.00 bits per heavy atom. The molecule has 0 fully saturated rings. The minimum absolute atomic E-state index is 0.0110. The lowest BCUT2D eigenvalue weighted by Crippen LogP contribution is -2.02. The van der Waals surface area contributed by atoms with Gasteiger partial charge in [-0.3, -0.25) is 0 Å². The Labute approximate surface area is 99.1 Å². The summed E-state index contributed by atoms with van der Waals surface area (Å²) in [5, 5.41) is 17.4. The third-order valence-electron chi connectivity index (χ3n) is 1.94. The third kappa shape index (κ3) is 3.37. The molecular weight excluding hydrogens is 216 g/mol. The topological polar surface area (TPSA) is 95.2 Å². The van der Waals surface area contributed by atoms with Gasteiger partial charge in [-0.25, -0.2) is 4.99 Å². The van der Waals surface area contributed by atoms with Crippen molar-refractivity contribution >= 4 is 6.21 Å². The average Bonchev–Trinajstić information content (AvgIpc) is 2.39. The third-order valence-corrected chi connectivity index (χ3v) is 1.94. The van der Waals surface area contributed by atoms with Crippen molar-refractivity contribution in [2.45, 2.75) is 0 Å². The van der Waals surface area contributed by atoms with Crippen LogP contribution in [0.1, 0.15) is 11.1 Å². The van der Waals surface area contributed by atoms with Gasteiger partial charge in [0.1, 0.15) is 6.07 Å². The summed E-state index contributed by atoms with van der Waals surface area (Å²) in [6, 6.07) is 10.6. The first kappa shape index (κ1) is 12.3. The zero-order valence-corrected chi connectivity index (χ0v) is 9.21. The number of hydrogen-bond acceptors (Lipinski definition) is 5. The van der Waals surface area contributed by atoms with Crippen LogP contribution in [-0.4, -0.2) is 13.3 Å². The van der Waals surface area contributed by atoms with Gasteiger partial charge >= 0.3 is 0 Å². The lowest BCUT2D eigenvalue weighted by Gasteiger charge is -1.98. The molecule has 0 aromatic heterocycles. The summed E-state index contributed by atoms with van der Waals surface area (Å²) in [5.74, 6) is -0.0302. The maximum atomic E-state index is 8.76. The van der Waals surface area contributed by atoms with Crippen LogP contribution in [0.4, 0.5) is 0 Å². The number of allylic oxidation sites excluding steroid dienone is 1. The summed E-state index contributed by atoms with van der Waals surface area (Å²) in [7, 11) is 1.36. The van der Waals surface area contributed by atoms with E-state index in [-0.39, 0.29) is 11.6 Å². The van der Waals surface area contributed by atoms with E-state index >= 15 is 0 Å². The lowest BCUT2D eigenvalue weighted by atomic mass is 10.2. The van der Waals surface area contributed by atoms with Gasteiger partial charge < -0.3 is 10.5 Å². The van der Waals surface area contributed by atoms with Crippen LogP contribution in [0.3, 0.4) is 0 Å². The van der Waals surface area contributed by atoms with Crippen LogP contribution < -0.4 is 5.73 Å². The second-order valence-electron chi connectivity index (χ2n) is 3.02. The number of nitrogens with zero attached hydrogens (tertiary/aromatic N) is 3. The number of rotatable bonds is 3. The minimum atomic E-state index is -0.0302. The van der Waals surface area contributed by atoms with Crippen LogP contribution in [0.5, 0.6) is 0 Å². The molecular formula is C12H10N4O. The summed E-state index contributed by atoms with van der Waals surface area (Å²) >= 11 is 0. The highest BCUT2D eigenvalue weighted by molar-refractivity contribution is 5.80. The summed E-state index contributed by atoms with van der Waals surface area (Å²) in [5.41, 5.74) is 6.76. The highest BCUT2D eigenvalue weighted by atomic mass is 16.5. The average molecular weight is 226 g/mol. The molecule has 1 aromatic rings. The first-order chi connectivity index (χ1) is 8.21. The molecule has 5 heteroatoms. The number of nitrogens with two attached hydrogens (primary N) is 1. The molecule has 0 saturated heterocycles. The highest BCUT2D eigenvalue weighted by Gasteiger charge is 1.99. The molecule has 0 unspecified atom stereocenters. The van der Waals surface area contributed by atoms with Crippen molar-refractivity contribution in [3.63, 3.8) is 0 Å². The number of hydrogen-bond donors (Lipinski definition) is 1. The SMILES string of the molecule is COC(N)=C(C#N)N=Cc1ccc(C#N)cc1. The molecule has 0 aliphatic rings. The van der Waals surface area contributed by atoms with Crippen molar-refractivity contribution in [1.82, 2.24) is 0 Å². The van der Waals surface area contributed by atoms with Crippen molar-refractivity contribution in [3.8, 4) is 12.1 Å². The van der Waals surface area contributed by atoms with E-state index in [1.165, 1.54) is 13.3 Å².